The van der Waals surface area contributed by atoms with Crippen LogP contribution in [-0.4, -0.2) is 31.0 Å². The van der Waals surface area contributed by atoms with Crippen LogP contribution in [0, 0.1) is 0 Å². The van der Waals surface area contributed by atoms with Gasteiger partial charge in [0.1, 0.15) is 0 Å². The number of nitrogens with one attached hydrogen (secondary N) is 1. The largest absolute Gasteiger partial charge is 0.455 e. The Morgan fingerprint density at radius 1 is 1.07 bits per heavy atom. The van der Waals surface area contributed by atoms with Gasteiger partial charge in [0, 0.05) is 27.1 Å². The highest BCUT2D eigenvalue weighted by Crippen LogP contribution is 2.34. The highest BCUT2D eigenvalue weighted by Gasteiger charge is 2.15. The maximum Gasteiger partial charge on any atom is 0.316 e. The molecule has 8 heteroatoms. The normalized spacial score (nSPS) is 12.0. The first-order valence-electron chi connectivity index (χ1n) is 8.75. The van der Waals surface area contributed by atoms with Crippen LogP contribution in [0.4, 0.5) is 5.69 Å². The molecule has 0 spiro atoms. The molecule has 148 valence electrons. The highest BCUT2D eigenvalue weighted by atomic mass is 35.5. The minimum absolute atomic E-state index is 0.0711. The molecule has 1 aliphatic heterocycles. The second-order valence-corrected chi connectivity index (χ2v) is 7.58. The Kier molecular flexibility index (Phi) is 5.78. The summed E-state index contributed by atoms with van der Waals surface area (Å²) in [4.78, 5) is 25.0. The lowest BCUT2D eigenvalue weighted by molar-refractivity contribution is -0.144. The number of carbonyl (C=O) groups is 2. The van der Waals surface area contributed by atoms with Crippen molar-refractivity contribution >= 4 is 51.7 Å². The molecular formula is C21H16ClNO5S. The molecule has 0 atom stereocenters. The Morgan fingerprint density at radius 3 is 2.72 bits per heavy atom. The van der Waals surface area contributed by atoms with Crippen LogP contribution in [0.2, 0.25) is 5.02 Å². The smallest absolute Gasteiger partial charge is 0.316 e. The van der Waals surface area contributed by atoms with Crippen molar-refractivity contribution in [2.45, 2.75) is 4.90 Å². The minimum Gasteiger partial charge on any atom is -0.455 e. The van der Waals surface area contributed by atoms with Crippen LogP contribution in [-0.2, 0) is 14.3 Å². The third kappa shape index (κ3) is 4.58. The number of anilines is 1. The molecule has 0 radical (unpaired) electrons. The van der Waals surface area contributed by atoms with Gasteiger partial charge in [0.15, 0.2) is 18.1 Å². The van der Waals surface area contributed by atoms with E-state index in [1.807, 2.05) is 36.4 Å². The molecule has 6 nitrogen and oxygen atoms in total. The second-order valence-electron chi connectivity index (χ2n) is 6.16. The zero-order chi connectivity index (χ0) is 20.2. The number of amides is 1. The predicted octanol–water partition coefficient (Wildman–Crippen LogP) is 4.50. The molecule has 0 bridgehead atoms. The summed E-state index contributed by atoms with van der Waals surface area (Å²) in [6.45, 7) is -0.214. The van der Waals surface area contributed by atoms with Crippen LogP contribution >= 0.6 is 23.4 Å². The number of rotatable bonds is 6. The van der Waals surface area contributed by atoms with Gasteiger partial charge < -0.3 is 19.5 Å². The molecule has 3 aromatic carbocycles. The average molecular weight is 430 g/mol. The van der Waals surface area contributed by atoms with Crippen molar-refractivity contribution < 1.29 is 23.8 Å². The number of benzene rings is 3. The van der Waals surface area contributed by atoms with E-state index in [0.29, 0.717) is 22.2 Å². The number of carbonyl (C=O) groups excluding carboxylic acids is 2. The Balaban J connectivity index is 1.29. The van der Waals surface area contributed by atoms with E-state index in [1.165, 1.54) is 11.8 Å². The first-order valence-corrected chi connectivity index (χ1v) is 10.1. The second kappa shape index (κ2) is 8.63. The number of esters is 1. The summed E-state index contributed by atoms with van der Waals surface area (Å²) >= 11 is 7.61. The maximum absolute atomic E-state index is 12.1. The lowest BCUT2D eigenvalue weighted by Gasteiger charge is -2.09. The van der Waals surface area contributed by atoms with Crippen molar-refractivity contribution in [3.8, 4) is 11.5 Å². The van der Waals surface area contributed by atoms with E-state index in [1.54, 1.807) is 18.2 Å². The van der Waals surface area contributed by atoms with Crippen LogP contribution in [0.15, 0.2) is 59.5 Å². The van der Waals surface area contributed by atoms with Gasteiger partial charge in [0.05, 0.1) is 5.75 Å². The predicted molar refractivity (Wildman–Crippen MR) is 112 cm³/mol. The highest BCUT2D eigenvalue weighted by molar-refractivity contribution is 8.00. The molecule has 0 aliphatic carbocycles. The van der Waals surface area contributed by atoms with Crippen LogP contribution < -0.4 is 14.8 Å². The standard InChI is InChI=1S/C21H16ClNO5S/c22-15-5-1-3-13-4-2-6-18(21(13)15)29-11-20(25)26-10-19(24)23-14-7-8-16-17(9-14)28-12-27-16/h1-9H,10-12H2,(H,23,24). The molecule has 0 fully saturated rings. The summed E-state index contributed by atoms with van der Waals surface area (Å²) in [7, 11) is 0. The van der Waals surface area contributed by atoms with Crippen molar-refractivity contribution in [3.63, 3.8) is 0 Å². The molecule has 1 aliphatic rings. The van der Waals surface area contributed by atoms with Crippen LogP contribution in [0.5, 0.6) is 11.5 Å². The number of fused-ring (bicyclic) bond motifs is 2. The van der Waals surface area contributed by atoms with E-state index in [9.17, 15) is 9.59 Å². The lowest BCUT2D eigenvalue weighted by Crippen LogP contribution is -2.21. The summed E-state index contributed by atoms with van der Waals surface area (Å²) in [5.41, 5.74) is 0.537. The average Bonchev–Trinajstić information content (AvgIpc) is 3.18. The molecular weight excluding hydrogens is 414 g/mol. The first kappa shape index (κ1) is 19.4. The zero-order valence-electron chi connectivity index (χ0n) is 15.1. The number of ether oxygens (including phenoxy) is 3. The van der Waals surface area contributed by atoms with Crippen LogP contribution in [0.1, 0.15) is 0 Å². The quantitative estimate of drug-likeness (QED) is 0.459. The Bertz CT molecular complexity index is 1080. The lowest BCUT2D eigenvalue weighted by atomic mass is 10.1. The summed E-state index contributed by atoms with van der Waals surface area (Å²) in [6.07, 6.45) is 0. The molecule has 29 heavy (non-hydrogen) atoms. The number of halogens is 1. The van der Waals surface area contributed by atoms with Gasteiger partial charge in [-0.05, 0) is 29.7 Å². The van der Waals surface area contributed by atoms with E-state index < -0.39 is 11.9 Å². The SMILES string of the molecule is O=C(COC(=O)CSc1cccc2cccc(Cl)c12)Nc1ccc2c(c1)OCO2. The third-order valence-electron chi connectivity index (χ3n) is 4.18. The number of thioether (sulfide) groups is 1. The van der Waals surface area contributed by atoms with Crippen molar-refractivity contribution in [1.29, 1.82) is 0 Å². The van der Waals surface area contributed by atoms with E-state index in [0.717, 1.165) is 15.7 Å². The molecule has 1 heterocycles. The van der Waals surface area contributed by atoms with Crippen molar-refractivity contribution in [2.24, 2.45) is 0 Å². The van der Waals surface area contributed by atoms with Gasteiger partial charge >= 0.3 is 5.97 Å². The third-order valence-corrected chi connectivity index (χ3v) is 5.53. The molecule has 0 saturated heterocycles. The van der Waals surface area contributed by atoms with Crippen molar-refractivity contribution in [1.82, 2.24) is 0 Å². The van der Waals surface area contributed by atoms with Gasteiger partial charge in [-0.1, -0.05) is 35.9 Å². The molecule has 0 aromatic heterocycles. The Morgan fingerprint density at radius 2 is 1.86 bits per heavy atom. The van der Waals surface area contributed by atoms with E-state index >= 15 is 0 Å². The summed E-state index contributed by atoms with van der Waals surface area (Å²) < 4.78 is 15.6. The Labute approximate surface area is 176 Å². The zero-order valence-corrected chi connectivity index (χ0v) is 16.7. The summed E-state index contributed by atoms with van der Waals surface area (Å²) in [6, 6.07) is 16.5. The van der Waals surface area contributed by atoms with E-state index in [4.69, 9.17) is 25.8 Å². The fourth-order valence-electron chi connectivity index (χ4n) is 2.88. The Hall–Kier alpha value is -2.90. The first-order chi connectivity index (χ1) is 14.1. The van der Waals surface area contributed by atoms with Gasteiger partial charge in [-0.15, -0.1) is 11.8 Å². The van der Waals surface area contributed by atoms with Gasteiger partial charge in [-0.25, -0.2) is 0 Å². The molecule has 1 N–H and O–H groups in total. The molecule has 4 rings (SSSR count). The van der Waals surface area contributed by atoms with Crippen LogP contribution in [0.3, 0.4) is 0 Å². The maximum atomic E-state index is 12.1. The van der Waals surface area contributed by atoms with Crippen molar-refractivity contribution in [2.75, 3.05) is 24.5 Å². The van der Waals surface area contributed by atoms with E-state index in [2.05, 4.69) is 5.32 Å². The minimum atomic E-state index is -0.486. The monoisotopic (exact) mass is 429 g/mol. The van der Waals surface area contributed by atoms with Gasteiger partial charge in [0.25, 0.3) is 5.91 Å². The molecule has 0 saturated carbocycles. The topological polar surface area (TPSA) is 73.9 Å². The number of hydrogen-bond donors (Lipinski definition) is 1. The van der Waals surface area contributed by atoms with E-state index in [-0.39, 0.29) is 19.2 Å². The van der Waals surface area contributed by atoms with Crippen molar-refractivity contribution in [3.05, 3.63) is 59.6 Å². The molecule has 3 aromatic rings. The van der Waals surface area contributed by atoms with Crippen LogP contribution in [0.25, 0.3) is 10.8 Å². The number of hydrogen-bond acceptors (Lipinski definition) is 6. The fraction of sp³-hybridized carbons (Fsp3) is 0.143. The van der Waals surface area contributed by atoms with Gasteiger partial charge in [-0.3, -0.25) is 9.59 Å². The van der Waals surface area contributed by atoms with Gasteiger partial charge in [0.2, 0.25) is 6.79 Å². The molecule has 1 amide bonds. The molecule has 0 unspecified atom stereocenters. The summed E-state index contributed by atoms with van der Waals surface area (Å²) in [5.74, 6) is 0.335. The fourth-order valence-corrected chi connectivity index (χ4v) is 4.12. The summed E-state index contributed by atoms with van der Waals surface area (Å²) in [5, 5.41) is 5.18. The van der Waals surface area contributed by atoms with Gasteiger partial charge in [-0.2, -0.15) is 0 Å².